The number of hydrogen-bond acceptors (Lipinski definition) is 4. The van der Waals surface area contributed by atoms with E-state index in [2.05, 4.69) is 15.5 Å². The number of aliphatic hydroxyl groups excluding tert-OH is 1. The fourth-order valence-electron chi connectivity index (χ4n) is 0.722. The summed E-state index contributed by atoms with van der Waals surface area (Å²) in [7, 11) is 0. The topological polar surface area (TPSA) is 63.8 Å². The first-order chi connectivity index (χ1) is 4.88. The summed E-state index contributed by atoms with van der Waals surface area (Å²) in [4.78, 5) is 0. The third-order valence-corrected chi connectivity index (χ3v) is 1.18. The van der Waals surface area contributed by atoms with Gasteiger partial charge in [-0.1, -0.05) is 6.92 Å². The van der Waals surface area contributed by atoms with Gasteiger partial charge >= 0.3 is 0 Å². The molecule has 0 aromatic carbocycles. The van der Waals surface area contributed by atoms with Crippen molar-refractivity contribution in [3.8, 4) is 0 Å². The molecule has 1 rings (SSSR count). The number of nitrogens with zero attached hydrogens (tertiary/aromatic N) is 4. The van der Waals surface area contributed by atoms with Gasteiger partial charge in [0.1, 0.15) is 6.61 Å². The second-order valence-electron chi connectivity index (χ2n) is 1.98. The highest BCUT2D eigenvalue weighted by atomic mass is 16.3. The molecule has 1 N–H and O–H groups in total. The molecule has 0 amide bonds. The SMILES string of the molecule is CCCn1nnnc1CO. The van der Waals surface area contributed by atoms with Crippen LogP contribution in [0.15, 0.2) is 0 Å². The number of rotatable bonds is 3. The molecule has 1 aromatic heterocycles. The molecule has 0 aliphatic rings. The van der Waals surface area contributed by atoms with E-state index in [0.29, 0.717) is 5.82 Å². The zero-order chi connectivity index (χ0) is 7.40. The summed E-state index contributed by atoms with van der Waals surface area (Å²) in [5.41, 5.74) is 0. The molecule has 0 saturated carbocycles. The molecule has 0 aliphatic carbocycles. The van der Waals surface area contributed by atoms with Crippen LogP contribution in [-0.2, 0) is 13.2 Å². The molecule has 0 radical (unpaired) electrons. The molecule has 1 heterocycles. The fraction of sp³-hybridized carbons (Fsp3) is 0.800. The fourth-order valence-corrected chi connectivity index (χ4v) is 0.722. The minimum Gasteiger partial charge on any atom is -0.388 e. The summed E-state index contributed by atoms with van der Waals surface area (Å²) >= 11 is 0. The van der Waals surface area contributed by atoms with E-state index in [9.17, 15) is 0 Å². The van der Waals surface area contributed by atoms with Gasteiger partial charge in [-0.3, -0.25) is 0 Å². The largest absolute Gasteiger partial charge is 0.388 e. The van der Waals surface area contributed by atoms with E-state index in [4.69, 9.17) is 5.11 Å². The summed E-state index contributed by atoms with van der Waals surface area (Å²) < 4.78 is 1.60. The highest BCUT2D eigenvalue weighted by Crippen LogP contribution is 1.92. The first kappa shape index (κ1) is 7.14. The normalized spacial score (nSPS) is 10.2. The van der Waals surface area contributed by atoms with Crippen molar-refractivity contribution in [1.29, 1.82) is 0 Å². The molecule has 0 unspecified atom stereocenters. The van der Waals surface area contributed by atoms with Crippen LogP contribution < -0.4 is 0 Å². The highest BCUT2D eigenvalue weighted by Gasteiger charge is 2.00. The van der Waals surface area contributed by atoms with E-state index in [1.54, 1.807) is 4.68 Å². The lowest BCUT2D eigenvalue weighted by molar-refractivity contribution is 0.262. The van der Waals surface area contributed by atoms with Crippen LogP contribution in [0.25, 0.3) is 0 Å². The van der Waals surface area contributed by atoms with Crippen LogP contribution >= 0.6 is 0 Å². The van der Waals surface area contributed by atoms with Crippen molar-refractivity contribution in [1.82, 2.24) is 20.2 Å². The Labute approximate surface area is 58.7 Å². The maximum atomic E-state index is 8.67. The number of aliphatic hydroxyl groups is 1. The van der Waals surface area contributed by atoms with Gasteiger partial charge in [-0.2, -0.15) is 0 Å². The van der Waals surface area contributed by atoms with E-state index in [1.807, 2.05) is 6.92 Å². The van der Waals surface area contributed by atoms with Crippen molar-refractivity contribution in [2.75, 3.05) is 0 Å². The Balaban J connectivity index is 2.70. The Kier molecular flexibility index (Phi) is 2.33. The van der Waals surface area contributed by atoms with Gasteiger partial charge in [-0.05, 0) is 16.8 Å². The van der Waals surface area contributed by atoms with Crippen molar-refractivity contribution in [3.05, 3.63) is 5.82 Å². The molecule has 0 atom stereocenters. The zero-order valence-corrected chi connectivity index (χ0v) is 5.86. The minimum atomic E-state index is -0.0903. The minimum absolute atomic E-state index is 0.0903. The van der Waals surface area contributed by atoms with E-state index < -0.39 is 0 Å². The second kappa shape index (κ2) is 3.26. The van der Waals surface area contributed by atoms with E-state index >= 15 is 0 Å². The van der Waals surface area contributed by atoms with Crippen LogP contribution in [-0.4, -0.2) is 25.3 Å². The average molecular weight is 142 g/mol. The summed E-state index contributed by atoms with van der Waals surface area (Å²) in [6.07, 6.45) is 0.970. The molecule has 0 fully saturated rings. The van der Waals surface area contributed by atoms with Gasteiger partial charge in [-0.25, -0.2) is 4.68 Å². The molecular formula is C5H10N4O. The van der Waals surface area contributed by atoms with Gasteiger partial charge in [0.25, 0.3) is 0 Å². The molecule has 0 bridgehead atoms. The van der Waals surface area contributed by atoms with Crippen LogP contribution in [0.5, 0.6) is 0 Å². The third-order valence-electron chi connectivity index (χ3n) is 1.18. The quantitative estimate of drug-likeness (QED) is 0.622. The Morgan fingerprint density at radius 1 is 1.60 bits per heavy atom. The highest BCUT2D eigenvalue weighted by molar-refractivity contribution is 4.75. The van der Waals surface area contributed by atoms with E-state index in [1.165, 1.54) is 0 Å². The van der Waals surface area contributed by atoms with Crippen molar-refractivity contribution < 1.29 is 5.11 Å². The van der Waals surface area contributed by atoms with Gasteiger partial charge in [0.05, 0.1) is 0 Å². The van der Waals surface area contributed by atoms with Crippen LogP contribution in [0.1, 0.15) is 19.2 Å². The molecule has 0 spiro atoms. The first-order valence-electron chi connectivity index (χ1n) is 3.24. The lowest BCUT2D eigenvalue weighted by Crippen LogP contribution is -2.04. The Morgan fingerprint density at radius 3 is 3.00 bits per heavy atom. The maximum absolute atomic E-state index is 8.67. The van der Waals surface area contributed by atoms with Gasteiger partial charge < -0.3 is 5.11 Å². The number of aryl methyl sites for hydroxylation is 1. The molecule has 56 valence electrons. The zero-order valence-electron chi connectivity index (χ0n) is 5.86. The summed E-state index contributed by atoms with van der Waals surface area (Å²) in [5, 5.41) is 19.4. The molecule has 0 saturated heterocycles. The molecular weight excluding hydrogens is 132 g/mol. The predicted molar refractivity (Wildman–Crippen MR) is 34.0 cm³/mol. The van der Waals surface area contributed by atoms with Crippen molar-refractivity contribution in [2.24, 2.45) is 0 Å². The van der Waals surface area contributed by atoms with Gasteiger partial charge in [-0.15, -0.1) is 5.10 Å². The molecule has 0 aliphatic heterocycles. The monoisotopic (exact) mass is 142 g/mol. The van der Waals surface area contributed by atoms with Crippen LogP contribution in [0, 0.1) is 0 Å². The van der Waals surface area contributed by atoms with Gasteiger partial charge in [0.15, 0.2) is 5.82 Å². The maximum Gasteiger partial charge on any atom is 0.176 e. The number of aromatic nitrogens is 4. The number of hydrogen-bond donors (Lipinski definition) is 1. The van der Waals surface area contributed by atoms with E-state index in [0.717, 1.165) is 13.0 Å². The van der Waals surface area contributed by atoms with E-state index in [-0.39, 0.29) is 6.61 Å². The first-order valence-corrected chi connectivity index (χ1v) is 3.24. The lowest BCUT2D eigenvalue weighted by atomic mass is 10.5. The lowest BCUT2D eigenvalue weighted by Gasteiger charge is -1.96. The third kappa shape index (κ3) is 1.30. The summed E-state index contributed by atoms with van der Waals surface area (Å²) in [6, 6.07) is 0. The molecule has 5 heteroatoms. The molecule has 10 heavy (non-hydrogen) atoms. The Bertz CT molecular complexity index is 197. The Morgan fingerprint density at radius 2 is 2.40 bits per heavy atom. The molecule has 1 aromatic rings. The van der Waals surface area contributed by atoms with Crippen molar-refractivity contribution in [3.63, 3.8) is 0 Å². The van der Waals surface area contributed by atoms with Crippen LogP contribution in [0.3, 0.4) is 0 Å². The van der Waals surface area contributed by atoms with Gasteiger partial charge in [0.2, 0.25) is 0 Å². The van der Waals surface area contributed by atoms with Gasteiger partial charge in [0, 0.05) is 6.54 Å². The summed E-state index contributed by atoms with van der Waals surface area (Å²) in [5.74, 6) is 0.529. The predicted octanol–water partition coefficient (Wildman–Crippen LogP) is -0.425. The van der Waals surface area contributed by atoms with Crippen LogP contribution in [0.4, 0.5) is 0 Å². The standard InChI is InChI=1S/C5H10N4O/c1-2-3-9-5(4-10)6-7-8-9/h10H,2-4H2,1H3. The average Bonchev–Trinajstić information content (AvgIpc) is 2.36. The Hall–Kier alpha value is -0.970. The van der Waals surface area contributed by atoms with Crippen molar-refractivity contribution in [2.45, 2.75) is 26.5 Å². The van der Waals surface area contributed by atoms with Crippen LogP contribution in [0.2, 0.25) is 0 Å². The summed E-state index contributed by atoms with van der Waals surface area (Å²) in [6.45, 7) is 2.71. The molecule has 5 nitrogen and oxygen atoms in total. The number of tetrazole rings is 1. The smallest absolute Gasteiger partial charge is 0.176 e. The second-order valence-corrected chi connectivity index (χ2v) is 1.98. The van der Waals surface area contributed by atoms with Crippen molar-refractivity contribution >= 4 is 0 Å².